The van der Waals surface area contributed by atoms with Gasteiger partial charge in [0.15, 0.2) is 10.7 Å². The Morgan fingerprint density at radius 1 is 1.12 bits per heavy atom. The summed E-state index contributed by atoms with van der Waals surface area (Å²) in [5, 5.41) is 11.7. The van der Waals surface area contributed by atoms with Gasteiger partial charge in [-0.25, -0.2) is 8.42 Å². The average Bonchev–Trinajstić information content (AvgIpc) is 2.97. The van der Waals surface area contributed by atoms with E-state index in [0.717, 1.165) is 17.5 Å². The van der Waals surface area contributed by atoms with Gasteiger partial charge in [-0.2, -0.15) is 0 Å². The van der Waals surface area contributed by atoms with Crippen LogP contribution in [0.5, 0.6) is 0 Å². The summed E-state index contributed by atoms with van der Waals surface area (Å²) in [6.45, 7) is 1.66. The number of fused-ring (bicyclic) bond motifs is 1. The lowest BCUT2D eigenvalue weighted by Crippen LogP contribution is -2.41. The van der Waals surface area contributed by atoms with Gasteiger partial charge in [-0.3, -0.25) is 20.3 Å². The van der Waals surface area contributed by atoms with E-state index in [1.807, 2.05) is 10.3 Å². The summed E-state index contributed by atoms with van der Waals surface area (Å²) in [5.41, 5.74) is 2.44. The predicted molar refractivity (Wildman–Crippen MR) is 91.8 cm³/mol. The molecule has 1 aromatic heterocycles. The number of hydrazine groups is 1. The zero-order chi connectivity index (χ0) is 18.9. The number of hydrogen-bond donors (Lipinski definition) is 2. The van der Waals surface area contributed by atoms with E-state index < -0.39 is 31.4 Å². The van der Waals surface area contributed by atoms with Crippen molar-refractivity contribution in [2.45, 2.75) is 11.8 Å². The van der Waals surface area contributed by atoms with Crippen molar-refractivity contribution in [3.63, 3.8) is 0 Å². The smallest absolute Gasteiger partial charge is 0.302 e. The molecule has 1 amide bonds. The number of amides is 1. The first-order valence-electron chi connectivity index (χ1n) is 7.35. The van der Waals surface area contributed by atoms with Crippen LogP contribution in [-0.4, -0.2) is 19.2 Å². The molecule has 0 radical (unpaired) electrons. The van der Waals surface area contributed by atoms with E-state index >= 15 is 0 Å². The van der Waals surface area contributed by atoms with Gasteiger partial charge in [0.1, 0.15) is 5.58 Å². The number of rotatable bonds is 5. The second kappa shape index (κ2) is 6.58. The number of nitrogens with one attached hydrogen (secondary N) is 2. The van der Waals surface area contributed by atoms with E-state index in [9.17, 15) is 23.3 Å². The van der Waals surface area contributed by atoms with E-state index in [1.54, 1.807) is 31.2 Å². The Bertz CT molecular complexity index is 1120. The molecule has 1 heterocycles. The molecule has 0 aliphatic rings. The van der Waals surface area contributed by atoms with Crippen LogP contribution >= 0.6 is 0 Å². The molecular formula is C16H13N3O6S. The molecule has 3 aromatic rings. The fraction of sp³-hybridized carbons (Fsp3) is 0.0625. The number of carbonyl (C=O) groups excluding carboxylic acids is 1. The molecule has 0 atom stereocenters. The summed E-state index contributed by atoms with van der Waals surface area (Å²) < 4.78 is 30.0. The molecule has 2 aromatic carbocycles. The predicted octanol–water partition coefficient (Wildman–Crippen LogP) is 2.27. The minimum atomic E-state index is -4.35. The van der Waals surface area contributed by atoms with Crippen molar-refractivity contribution >= 4 is 32.6 Å². The number of aryl methyl sites for hydroxylation is 1. The van der Waals surface area contributed by atoms with Crippen LogP contribution in [0.1, 0.15) is 16.1 Å². The molecule has 10 heteroatoms. The first kappa shape index (κ1) is 17.6. The summed E-state index contributed by atoms with van der Waals surface area (Å²) in [4.78, 5) is 23.7. The van der Waals surface area contributed by atoms with E-state index in [1.165, 1.54) is 12.1 Å². The quantitative estimate of drug-likeness (QED) is 0.519. The third-order valence-corrected chi connectivity index (χ3v) is 5.00. The number of sulfonamides is 1. The molecule has 134 valence electrons. The highest BCUT2D eigenvalue weighted by molar-refractivity contribution is 7.89. The third kappa shape index (κ3) is 3.15. The highest BCUT2D eigenvalue weighted by Crippen LogP contribution is 2.25. The zero-order valence-electron chi connectivity index (χ0n) is 13.4. The molecular weight excluding hydrogens is 362 g/mol. The van der Waals surface area contributed by atoms with Crippen molar-refractivity contribution in [1.82, 2.24) is 10.3 Å². The van der Waals surface area contributed by atoms with Crippen molar-refractivity contribution in [3.05, 3.63) is 70.0 Å². The molecule has 0 saturated carbocycles. The Morgan fingerprint density at radius 2 is 1.77 bits per heavy atom. The Labute approximate surface area is 147 Å². The molecule has 9 nitrogen and oxygen atoms in total. The molecule has 3 rings (SSSR count). The number of nitro groups is 1. The molecule has 0 aliphatic heterocycles. The van der Waals surface area contributed by atoms with Crippen LogP contribution in [0, 0.1) is 17.0 Å². The van der Waals surface area contributed by atoms with Crippen LogP contribution in [0.3, 0.4) is 0 Å². The van der Waals surface area contributed by atoms with Gasteiger partial charge in [-0.05, 0) is 19.1 Å². The Balaban J connectivity index is 1.85. The number of benzene rings is 2. The summed E-state index contributed by atoms with van der Waals surface area (Å²) in [6.07, 6.45) is 0. The number of para-hydroxylation sites is 2. The molecule has 0 fully saturated rings. The summed E-state index contributed by atoms with van der Waals surface area (Å²) >= 11 is 0. The van der Waals surface area contributed by atoms with Crippen molar-refractivity contribution in [2.75, 3.05) is 0 Å². The molecule has 2 N–H and O–H groups in total. The van der Waals surface area contributed by atoms with Gasteiger partial charge in [0, 0.05) is 17.0 Å². The van der Waals surface area contributed by atoms with Crippen molar-refractivity contribution in [2.24, 2.45) is 0 Å². The molecule has 0 saturated heterocycles. The minimum absolute atomic E-state index is 0.0588. The average molecular weight is 375 g/mol. The SMILES string of the molecule is Cc1c(C(=O)NNS(=O)(=O)c2ccccc2[N+](=O)[O-])oc2ccccc12. The lowest BCUT2D eigenvalue weighted by atomic mass is 10.1. The fourth-order valence-electron chi connectivity index (χ4n) is 2.45. The van der Waals surface area contributed by atoms with E-state index in [-0.39, 0.29) is 5.76 Å². The highest BCUT2D eigenvalue weighted by Gasteiger charge is 2.26. The van der Waals surface area contributed by atoms with E-state index in [2.05, 4.69) is 0 Å². The van der Waals surface area contributed by atoms with Gasteiger partial charge in [-0.1, -0.05) is 30.3 Å². The Kier molecular flexibility index (Phi) is 4.45. The Morgan fingerprint density at radius 3 is 2.46 bits per heavy atom. The van der Waals surface area contributed by atoms with Crippen LogP contribution in [0.4, 0.5) is 5.69 Å². The zero-order valence-corrected chi connectivity index (χ0v) is 14.2. The maximum Gasteiger partial charge on any atom is 0.302 e. The lowest BCUT2D eigenvalue weighted by Gasteiger charge is -2.08. The lowest BCUT2D eigenvalue weighted by molar-refractivity contribution is -0.387. The van der Waals surface area contributed by atoms with Crippen LogP contribution in [0.25, 0.3) is 11.0 Å². The van der Waals surface area contributed by atoms with Crippen molar-refractivity contribution < 1.29 is 22.6 Å². The number of carbonyl (C=O) groups is 1. The van der Waals surface area contributed by atoms with E-state index in [0.29, 0.717) is 11.1 Å². The summed E-state index contributed by atoms with van der Waals surface area (Å²) in [6, 6.07) is 11.8. The van der Waals surface area contributed by atoms with Crippen LogP contribution in [0.15, 0.2) is 57.8 Å². The monoisotopic (exact) mass is 375 g/mol. The normalized spacial score (nSPS) is 11.4. The van der Waals surface area contributed by atoms with Gasteiger partial charge in [0.05, 0.1) is 4.92 Å². The second-order valence-electron chi connectivity index (χ2n) is 5.34. The van der Waals surface area contributed by atoms with Gasteiger partial charge < -0.3 is 4.42 Å². The molecule has 0 unspecified atom stereocenters. The number of nitrogens with zero attached hydrogens (tertiary/aromatic N) is 1. The number of furan rings is 1. The standard InChI is InChI=1S/C16H13N3O6S/c1-10-11-6-2-4-8-13(11)25-15(10)16(20)17-18-26(23,24)14-9-5-3-7-12(14)19(21)22/h2-9,18H,1H3,(H,17,20). The molecule has 0 bridgehead atoms. The molecule has 0 spiro atoms. The van der Waals surface area contributed by atoms with Gasteiger partial charge in [-0.15, -0.1) is 4.83 Å². The maximum atomic E-state index is 12.3. The van der Waals surface area contributed by atoms with Gasteiger partial charge in [0.25, 0.3) is 15.7 Å². The largest absolute Gasteiger partial charge is 0.451 e. The molecule has 26 heavy (non-hydrogen) atoms. The Hall–Kier alpha value is -3.24. The van der Waals surface area contributed by atoms with Gasteiger partial charge in [0.2, 0.25) is 0 Å². The summed E-state index contributed by atoms with van der Waals surface area (Å²) in [7, 11) is -4.35. The van der Waals surface area contributed by atoms with Crippen LogP contribution in [0.2, 0.25) is 0 Å². The van der Waals surface area contributed by atoms with Crippen molar-refractivity contribution in [3.8, 4) is 0 Å². The van der Waals surface area contributed by atoms with Gasteiger partial charge >= 0.3 is 5.91 Å². The summed E-state index contributed by atoms with van der Waals surface area (Å²) in [5.74, 6) is -0.877. The third-order valence-electron chi connectivity index (χ3n) is 3.70. The second-order valence-corrected chi connectivity index (χ2v) is 6.99. The molecule has 0 aliphatic carbocycles. The fourth-order valence-corrected chi connectivity index (χ4v) is 3.46. The van der Waals surface area contributed by atoms with E-state index in [4.69, 9.17) is 4.42 Å². The first-order valence-corrected chi connectivity index (χ1v) is 8.83. The first-order chi connectivity index (χ1) is 12.3. The minimum Gasteiger partial charge on any atom is -0.451 e. The van der Waals surface area contributed by atoms with Crippen LogP contribution in [-0.2, 0) is 10.0 Å². The number of hydrogen-bond acceptors (Lipinski definition) is 6. The number of nitro benzene ring substituents is 1. The topological polar surface area (TPSA) is 132 Å². The van der Waals surface area contributed by atoms with Crippen molar-refractivity contribution in [1.29, 1.82) is 0 Å². The highest BCUT2D eigenvalue weighted by atomic mass is 32.2. The van der Waals surface area contributed by atoms with Crippen LogP contribution < -0.4 is 10.3 Å². The maximum absolute atomic E-state index is 12.3.